The van der Waals surface area contributed by atoms with Crippen molar-refractivity contribution in [2.75, 3.05) is 6.54 Å². The first kappa shape index (κ1) is 19.3. The third-order valence-electron chi connectivity index (χ3n) is 5.62. The number of hydrogen-bond donors (Lipinski definition) is 1. The molecule has 3 atom stereocenters. The van der Waals surface area contributed by atoms with Crippen LogP contribution in [0.2, 0.25) is 0 Å². The van der Waals surface area contributed by atoms with Crippen molar-refractivity contribution in [1.82, 2.24) is 9.88 Å². The minimum absolute atomic E-state index is 0.0670. The average molecular weight is 449 g/mol. The molecule has 7 heteroatoms. The molecular weight excluding hydrogens is 424 g/mol. The summed E-state index contributed by atoms with van der Waals surface area (Å²) in [5.41, 5.74) is 1.03. The first-order valence-electron chi connectivity index (χ1n) is 9.57. The van der Waals surface area contributed by atoms with Crippen LogP contribution in [0, 0.1) is 0 Å². The maximum atomic E-state index is 13.0. The number of nitrogens with zero attached hydrogens (tertiary/aromatic N) is 1. The number of esters is 1. The lowest BCUT2D eigenvalue weighted by molar-refractivity contribution is -0.148. The van der Waals surface area contributed by atoms with Gasteiger partial charge in [-0.2, -0.15) is 0 Å². The Balaban J connectivity index is 1.73. The molecule has 2 aromatic rings. The summed E-state index contributed by atoms with van der Waals surface area (Å²) in [4.78, 5) is 29.8. The molecule has 1 spiro atoms. The molecule has 1 aliphatic carbocycles. The van der Waals surface area contributed by atoms with Crippen LogP contribution >= 0.6 is 15.9 Å². The lowest BCUT2D eigenvalue weighted by atomic mass is 10.0. The molecule has 2 heterocycles. The zero-order chi connectivity index (χ0) is 20.3. The molecular formula is C21H25BrN2O4. The molecule has 1 unspecified atom stereocenters. The number of ether oxygens (including phenoxy) is 2. The van der Waals surface area contributed by atoms with Gasteiger partial charge >= 0.3 is 12.1 Å². The van der Waals surface area contributed by atoms with Crippen molar-refractivity contribution in [3.63, 3.8) is 0 Å². The van der Waals surface area contributed by atoms with Gasteiger partial charge in [-0.3, -0.25) is 9.69 Å². The van der Waals surface area contributed by atoms with Crippen LogP contribution in [-0.2, 0) is 14.3 Å². The summed E-state index contributed by atoms with van der Waals surface area (Å²) in [6.07, 6.45) is 0.684. The zero-order valence-corrected chi connectivity index (χ0v) is 18.1. The Morgan fingerprint density at radius 3 is 2.68 bits per heavy atom. The van der Waals surface area contributed by atoms with Gasteiger partial charge in [-0.15, -0.1) is 0 Å². The second-order valence-electron chi connectivity index (χ2n) is 8.66. The number of halogens is 1. The minimum Gasteiger partial charge on any atom is -0.460 e. The number of likely N-dealkylation sites (tertiary alicyclic amines) is 1. The van der Waals surface area contributed by atoms with Crippen LogP contribution in [0.1, 0.15) is 52.0 Å². The molecule has 0 radical (unpaired) electrons. The highest BCUT2D eigenvalue weighted by Crippen LogP contribution is 2.63. The second-order valence-corrected chi connectivity index (χ2v) is 9.46. The third kappa shape index (κ3) is 3.09. The van der Waals surface area contributed by atoms with Gasteiger partial charge in [-0.25, -0.2) is 4.79 Å². The number of fused-ring (bicyclic) bond motifs is 1. The average Bonchev–Trinajstić information content (AvgIpc) is 3.04. The fraction of sp³-hybridized carbons (Fsp3) is 0.524. The van der Waals surface area contributed by atoms with Crippen LogP contribution < -0.4 is 0 Å². The molecule has 1 N–H and O–H groups in total. The molecule has 1 saturated carbocycles. The Morgan fingerprint density at radius 2 is 2.00 bits per heavy atom. The molecule has 2 fully saturated rings. The van der Waals surface area contributed by atoms with E-state index in [0.29, 0.717) is 13.0 Å². The number of H-pyrrole nitrogens is 1. The summed E-state index contributed by atoms with van der Waals surface area (Å²) in [6.45, 7) is 7.51. The summed E-state index contributed by atoms with van der Waals surface area (Å²) in [5, 5.41) is 1.12. The minimum atomic E-state index is -0.580. The van der Waals surface area contributed by atoms with Crippen molar-refractivity contribution >= 4 is 38.9 Å². The second kappa shape index (κ2) is 6.51. The molecule has 28 heavy (non-hydrogen) atoms. The van der Waals surface area contributed by atoms with Gasteiger partial charge in [0.2, 0.25) is 0 Å². The van der Waals surface area contributed by atoms with E-state index >= 15 is 0 Å². The third-order valence-corrected chi connectivity index (χ3v) is 6.24. The standard InChI is InChI=1S/C21H25BrN2O4/c1-12(25)27-16-9-10-24(19(26)28-20(2,3)4)21(16)11-14(21)17-13-7-5-6-8-15(13)23-18(17)22/h5-8,14,16,23H,9-11H2,1-4H3/t14-,16-,21?/m1/s1. The van der Waals surface area contributed by atoms with Gasteiger partial charge in [0.05, 0.1) is 10.1 Å². The number of aromatic nitrogens is 1. The smallest absolute Gasteiger partial charge is 0.410 e. The number of hydrogen-bond acceptors (Lipinski definition) is 4. The Morgan fingerprint density at radius 1 is 1.29 bits per heavy atom. The maximum Gasteiger partial charge on any atom is 0.410 e. The van der Waals surface area contributed by atoms with E-state index in [-0.39, 0.29) is 24.1 Å². The number of aromatic amines is 1. The van der Waals surface area contributed by atoms with E-state index in [4.69, 9.17) is 9.47 Å². The van der Waals surface area contributed by atoms with Crippen molar-refractivity contribution in [2.45, 2.75) is 63.7 Å². The molecule has 0 bridgehead atoms. The van der Waals surface area contributed by atoms with E-state index in [1.54, 1.807) is 4.90 Å². The molecule has 1 aromatic carbocycles. The predicted molar refractivity (Wildman–Crippen MR) is 109 cm³/mol. The first-order valence-corrected chi connectivity index (χ1v) is 10.4. The van der Waals surface area contributed by atoms with Crippen molar-refractivity contribution in [3.05, 3.63) is 34.4 Å². The van der Waals surface area contributed by atoms with Crippen molar-refractivity contribution in [3.8, 4) is 0 Å². The van der Waals surface area contributed by atoms with E-state index in [9.17, 15) is 9.59 Å². The van der Waals surface area contributed by atoms with Crippen LogP contribution in [0.15, 0.2) is 28.9 Å². The monoisotopic (exact) mass is 448 g/mol. The van der Waals surface area contributed by atoms with Crippen LogP contribution in [0.25, 0.3) is 10.9 Å². The van der Waals surface area contributed by atoms with Gasteiger partial charge in [-0.1, -0.05) is 18.2 Å². The Labute approximate surface area is 172 Å². The highest BCUT2D eigenvalue weighted by Gasteiger charge is 2.70. The fourth-order valence-electron chi connectivity index (χ4n) is 4.56. The predicted octanol–water partition coefficient (Wildman–Crippen LogP) is 4.73. The summed E-state index contributed by atoms with van der Waals surface area (Å²) in [5.74, 6) is -0.253. The van der Waals surface area contributed by atoms with E-state index in [2.05, 4.69) is 27.0 Å². The molecule has 1 saturated heterocycles. The maximum absolute atomic E-state index is 13.0. The Hall–Kier alpha value is -2.02. The van der Waals surface area contributed by atoms with Gasteiger partial charge in [0.25, 0.3) is 0 Å². The number of benzene rings is 1. The summed E-state index contributed by atoms with van der Waals surface area (Å²) in [6, 6.07) is 8.10. The van der Waals surface area contributed by atoms with E-state index in [0.717, 1.165) is 27.5 Å². The number of rotatable bonds is 2. The normalized spacial score (nSPS) is 26.7. The van der Waals surface area contributed by atoms with E-state index in [1.165, 1.54) is 6.92 Å². The van der Waals surface area contributed by atoms with Crippen LogP contribution in [0.3, 0.4) is 0 Å². The number of carbonyl (C=O) groups is 2. The van der Waals surface area contributed by atoms with Gasteiger partial charge < -0.3 is 14.5 Å². The number of nitrogens with one attached hydrogen (secondary N) is 1. The summed E-state index contributed by atoms with van der Waals surface area (Å²) < 4.78 is 12.2. The quantitative estimate of drug-likeness (QED) is 0.673. The van der Waals surface area contributed by atoms with E-state index < -0.39 is 11.1 Å². The largest absolute Gasteiger partial charge is 0.460 e. The number of para-hydroxylation sites is 1. The van der Waals surface area contributed by atoms with Crippen molar-refractivity contribution < 1.29 is 19.1 Å². The van der Waals surface area contributed by atoms with Gasteiger partial charge in [-0.05, 0) is 54.8 Å². The molecule has 1 amide bonds. The van der Waals surface area contributed by atoms with Crippen LogP contribution in [0.5, 0.6) is 0 Å². The molecule has 150 valence electrons. The SMILES string of the molecule is CC(=O)O[C@@H]1CCN(C(=O)OC(C)(C)C)C12C[C@@H]2c1c(Br)[nH]c2ccccc12. The van der Waals surface area contributed by atoms with E-state index in [1.807, 2.05) is 39.0 Å². The zero-order valence-electron chi connectivity index (χ0n) is 16.5. The van der Waals surface area contributed by atoms with Gasteiger partial charge in [0.1, 0.15) is 11.7 Å². The molecule has 1 aromatic heterocycles. The van der Waals surface area contributed by atoms with Crippen molar-refractivity contribution in [2.24, 2.45) is 0 Å². The summed E-state index contributed by atoms with van der Waals surface area (Å²) >= 11 is 3.66. The lowest BCUT2D eigenvalue weighted by Gasteiger charge is -2.31. The molecule has 2 aliphatic rings. The summed E-state index contributed by atoms with van der Waals surface area (Å²) in [7, 11) is 0. The van der Waals surface area contributed by atoms with Crippen LogP contribution in [-0.4, -0.2) is 45.7 Å². The Bertz CT molecular complexity index is 948. The lowest BCUT2D eigenvalue weighted by Crippen LogP contribution is -2.46. The van der Waals surface area contributed by atoms with Crippen molar-refractivity contribution in [1.29, 1.82) is 0 Å². The number of carbonyl (C=O) groups excluding carboxylic acids is 2. The highest BCUT2D eigenvalue weighted by atomic mass is 79.9. The van der Waals surface area contributed by atoms with Crippen LogP contribution in [0.4, 0.5) is 4.79 Å². The topological polar surface area (TPSA) is 71.6 Å². The molecule has 4 rings (SSSR count). The fourth-order valence-corrected chi connectivity index (χ4v) is 5.27. The van der Waals surface area contributed by atoms with Gasteiger partial charge in [0, 0.05) is 36.7 Å². The first-order chi connectivity index (χ1) is 13.1. The molecule has 1 aliphatic heterocycles. The van der Waals surface area contributed by atoms with Gasteiger partial charge in [0.15, 0.2) is 0 Å². The Kier molecular flexibility index (Phi) is 4.49. The highest BCUT2D eigenvalue weighted by molar-refractivity contribution is 9.10. The molecule has 6 nitrogen and oxygen atoms in total. The number of amides is 1.